The Morgan fingerprint density at radius 1 is 1.41 bits per heavy atom. The van der Waals surface area contributed by atoms with Crippen LogP contribution in [0.3, 0.4) is 0 Å². The monoisotopic (exact) mass is 317 g/mol. The van der Waals surface area contributed by atoms with Crippen LogP contribution in [0.25, 0.3) is 0 Å². The fourth-order valence-electron chi connectivity index (χ4n) is 2.22. The van der Waals surface area contributed by atoms with E-state index in [4.69, 9.17) is 4.74 Å². The number of rotatable bonds is 2. The number of hydrogen-bond acceptors (Lipinski definition) is 5. The molecule has 1 unspecified atom stereocenters. The minimum absolute atomic E-state index is 0.207. The largest absolute Gasteiger partial charge is 0.479 e. The molecule has 2 aromatic rings. The first-order valence-corrected chi connectivity index (χ1v) is 7.62. The third-order valence-electron chi connectivity index (χ3n) is 3.29. The molecule has 7 heteroatoms. The highest BCUT2D eigenvalue weighted by molar-refractivity contribution is 7.11. The predicted octanol–water partition coefficient (Wildman–Crippen LogP) is 2.73. The minimum Gasteiger partial charge on any atom is -0.479 e. The first-order valence-electron chi connectivity index (χ1n) is 6.81. The van der Waals surface area contributed by atoms with Gasteiger partial charge in [0.05, 0.1) is 10.7 Å². The number of nitrogens with one attached hydrogen (secondary N) is 2. The van der Waals surface area contributed by atoms with Crippen molar-refractivity contribution >= 4 is 34.5 Å². The van der Waals surface area contributed by atoms with Crippen LogP contribution in [0.15, 0.2) is 18.2 Å². The quantitative estimate of drug-likeness (QED) is 0.892. The van der Waals surface area contributed by atoms with Crippen LogP contribution >= 0.6 is 11.3 Å². The highest BCUT2D eigenvalue weighted by atomic mass is 32.1. The first kappa shape index (κ1) is 14.5. The van der Waals surface area contributed by atoms with E-state index in [0.717, 1.165) is 9.88 Å². The number of carbonyl (C=O) groups excluding carboxylic acids is 2. The number of aromatic nitrogens is 1. The Balaban J connectivity index is 1.82. The molecule has 22 heavy (non-hydrogen) atoms. The molecule has 0 saturated heterocycles. The predicted molar refractivity (Wildman–Crippen MR) is 84.7 cm³/mol. The number of ether oxygens (including phenoxy) is 1. The highest BCUT2D eigenvalue weighted by Crippen LogP contribution is 2.32. The molecule has 2 heterocycles. The summed E-state index contributed by atoms with van der Waals surface area (Å²) in [5.41, 5.74) is 1.55. The number of amides is 2. The van der Waals surface area contributed by atoms with E-state index < -0.39 is 6.10 Å². The Morgan fingerprint density at radius 3 is 2.86 bits per heavy atom. The van der Waals surface area contributed by atoms with E-state index in [2.05, 4.69) is 15.6 Å². The molecule has 1 aromatic carbocycles. The first-order chi connectivity index (χ1) is 10.4. The maximum atomic E-state index is 12.2. The van der Waals surface area contributed by atoms with Crippen molar-refractivity contribution in [3.63, 3.8) is 0 Å². The summed E-state index contributed by atoms with van der Waals surface area (Å²) in [7, 11) is 0. The van der Waals surface area contributed by atoms with Crippen LogP contribution < -0.4 is 15.4 Å². The molecule has 0 fully saturated rings. The van der Waals surface area contributed by atoms with Gasteiger partial charge in [0.15, 0.2) is 6.10 Å². The smallest absolute Gasteiger partial charge is 0.275 e. The molecule has 0 spiro atoms. The molecular weight excluding hydrogens is 302 g/mol. The van der Waals surface area contributed by atoms with E-state index in [9.17, 15) is 9.59 Å². The van der Waals surface area contributed by atoms with Gasteiger partial charge in [-0.15, -0.1) is 11.3 Å². The van der Waals surface area contributed by atoms with Crippen molar-refractivity contribution in [2.24, 2.45) is 0 Å². The number of benzene rings is 1. The van der Waals surface area contributed by atoms with Gasteiger partial charge in [0.1, 0.15) is 11.4 Å². The average Bonchev–Trinajstić information content (AvgIpc) is 2.79. The summed E-state index contributed by atoms with van der Waals surface area (Å²) < 4.78 is 5.48. The van der Waals surface area contributed by atoms with Crippen molar-refractivity contribution in [3.05, 3.63) is 33.8 Å². The Morgan fingerprint density at radius 2 is 2.18 bits per heavy atom. The molecule has 3 rings (SSSR count). The molecular formula is C15H15N3O3S. The van der Waals surface area contributed by atoms with Gasteiger partial charge in [-0.2, -0.15) is 0 Å². The third kappa shape index (κ3) is 2.67. The van der Waals surface area contributed by atoms with Crippen LogP contribution in [0.2, 0.25) is 0 Å². The number of carbonyl (C=O) groups is 2. The lowest BCUT2D eigenvalue weighted by Gasteiger charge is -2.23. The number of hydrogen-bond donors (Lipinski definition) is 2. The molecule has 1 aliphatic heterocycles. The number of nitrogens with zero attached hydrogens (tertiary/aromatic N) is 1. The van der Waals surface area contributed by atoms with Gasteiger partial charge in [0.25, 0.3) is 11.8 Å². The standard InChI is InChI=1S/C15H15N3O3S/c1-7-14(19)18-11-6-10(4-5-12(11)21-7)17-15(20)13-8(2)22-9(3)16-13/h4-7H,1-3H3,(H,17,20)(H,18,19). The Kier molecular flexibility index (Phi) is 3.58. The van der Waals surface area contributed by atoms with E-state index in [1.54, 1.807) is 25.1 Å². The van der Waals surface area contributed by atoms with E-state index in [1.807, 2.05) is 13.8 Å². The summed E-state index contributed by atoms with van der Waals surface area (Å²) in [6.45, 7) is 5.41. The summed E-state index contributed by atoms with van der Waals surface area (Å²) in [6, 6.07) is 5.13. The van der Waals surface area contributed by atoms with Crippen molar-refractivity contribution in [1.82, 2.24) is 4.98 Å². The van der Waals surface area contributed by atoms with Crippen molar-refractivity contribution in [2.45, 2.75) is 26.9 Å². The fraction of sp³-hybridized carbons (Fsp3) is 0.267. The normalized spacial score (nSPS) is 16.5. The zero-order valence-corrected chi connectivity index (χ0v) is 13.2. The topological polar surface area (TPSA) is 80.3 Å². The molecule has 6 nitrogen and oxygen atoms in total. The summed E-state index contributed by atoms with van der Waals surface area (Å²) in [4.78, 5) is 29.0. The Bertz CT molecular complexity index is 769. The number of aryl methyl sites for hydroxylation is 2. The molecule has 2 N–H and O–H groups in total. The number of fused-ring (bicyclic) bond motifs is 1. The summed E-state index contributed by atoms with van der Waals surface area (Å²) in [6.07, 6.45) is -0.520. The van der Waals surface area contributed by atoms with Crippen LogP contribution in [-0.4, -0.2) is 22.9 Å². The van der Waals surface area contributed by atoms with Gasteiger partial charge in [-0.1, -0.05) is 0 Å². The second kappa shape index (κ2) is 5.42. The highest BCUT2D eigenvalue weighted by Gasteiger charge is 2.24. The number of anilines is 2. The zero-order chi connectivity index (χ0) is 15.9. The molecule has 0 saturated carbocycles. The molecule has 0 radical (unpaired) electrons. The molecule has 0 bridgehead atoms. The molecule has 1 aliphatic rings. The van der Waals surface area contributed by atoms with Crippen LogP contribution in [0.5, 0.6) is 5.75 Å². The second-order valence-corrected chi connectivity index (χ2v) is 6.46. The van der Waals surface area contributed by atoms with Crippen molar-refractivity contribution in [3.8, 4) is 5.75 Å². The lowest BCUT2D eigenvalue weighted by atomic mass is 10.2. The van der Waals surface area contributed by atoms with E-state index in [1.165, 1.54) is 11.3 Å². The van der Waals surface area contributed by atoms with Crippen molar-refractivity contribution in [2.75, 3.05) is 10.6 Å². The molecule has 1 atom stereocenters. The van der Waals surface area contributed by atoms with E-state index in [-0.39, 0.29) is 11.8 Å². The summed E-state index contributed by atoms with van der Waals surface area (Å²) >= 11 is 1.48. The molecule has 1 aromatic heterocycles. The third-order valence-corrected chi connectivity index (χ3v) is 4.17. The molecule has 2 amide bonds. The maximum Gasteiger partial charge on any atom is 0.275 e. The SMILES string of the molecule is Cc1nc(C(=O)Nc2ccc3c(c2)NC(=O)C(C)O3)c(C)s1. The van der Waals surface area contributed by atoms with Gasteiger partial charge in [0, 0.05) is 10.6 Å². The van der Waals surface area contributed by atoms with E-state index in [0.29, 0.717) is 22.8 Å². The molecule has 114 valence electrons. The van der Waals surface area contributed by atoms with Crippen LogP contribution in [0, 0.1) is 13.8 Å². The zero-order valence-electron chi connectivity index (χ0n) is 12.4. The van der Waals surface area contributed by atoms with Crippen LogP contribution in [0.1, 0.15) is 27.3 Å². The van der Waals surface area contributed by atoms with Gasteiger partial charge < -0.3 is 15.4 Å². The van der Waals surface area contributed by atoms with Crippen molar-refractivity contribution in [1.29, 1.82) is 0 Å². The average molecular weight is 317 g/mol. The lowest BCUT2D eigenvalue weighted by molar-refractivity contribution is -0.122. The van der Waals surface area contributed by atoms with Crippen molar-refractivity contribution < 1.29 is 14.3 Å². The fourth-order valence-corrected chi connectivity index (χ4v) is 3.03. The van der Waals surface area contributed by atoms with E-state index >= 15 is 0 Å². The van der Waals surface area contributed by atoms with Gasteiger partial charge in [0.2, 0.25) is 0 Å². The molecule has 0 aliphatic carbocycles. The lowest BCUT2D eigenvalue weighted by Crippen LogP contribution is -2.34. The summed E-state index contributed by atoms with van der Waals surface area (Å²) in [5, 5.41) is 6.39. The minimum atomic E-state index is -0.520. The van der Waals surface area contributed by atoms with Gasteiger partial charge >= 0.3 is 0 Å². The second-order valence-electron chi connectivity index (χ2n) is 5.05. The Labute approximate surface area is 131 Å². The maximum absolute atomic E-state index is 12.2. The van der Waals surface area contributed by atoms with Gasteiger partial charge in [-0.3, -0.25) is 9.59 Å². The van der Waals surface area contributed by atoms with Crippen LogP contribution in [-0.2, 0) is 4.79 Å². The van der Waals surface area contributed by atoms with Gasteiger partial charge in [-0.05, 0) is 39.0 Å². The van der Waals surface area contributed by atoms with Crippen LogP contribution in [0.4, 0.5) is 11.4 Å². The number of thiazole rings is 1. The Hall–Kier alpha value is -2.41. The summed E-state index contributed by atoms with van der Waals surface area (Å²) in [5.74, 6) is 0.117. The van der Waals surface area contributed by atoms with Gasteiger partial charge in [-0.25, -0.2) is 4.98 Å².